The summed E-state index contributed by atoms with van der Waals surface area (Å²) in [7, 11) is 5.05. The normalized spacial score (nSPS) is 11.1. The van der Waals surface area contributed by atoms with Crippen LogP contribution in [0.2, 0.25) is 0 Å². The summed E-state index contributed by atoms with van der Waals surface area (Å²) in [5, 5.41) is 6.64. The third-order valence-electron chi connectivity index (χ3n) is 4.16. The standard InChI is InChI=1S/C21H29N3O3/c1-6-27-19-10-7-16(11-15(19)2)13-23-21(22-3)24-14-17-8-9-18(25-4)12-20(17)26-5/h7-12H,6,13-14H2,1-5H3,(H2,22,23,24). The Balaban J connectivity index is 1.94. The predicted molar refractivity (Wildman–Crippen MR) is 109 cm³/mol. The van der Waals surface area contributed by atoms with Crippen LogP contribution in [0.4, 0.5) is 0 Å². The van der Waals surface area contributed by atoms with E-state index in [1.54, 1.807) is 21.3 Å². The van der Waals surface area contributed by atoms with E-state index in [0.29, 0.717) is 19.7 Å². The Morgan fingerprint density at radius 2 is 1.74 bits per heavy atom. The Kier molecular flexibility index (Phi) is 7.79. The smallest absolute Gasteiger partial charge is 0.191 e. The summed E-state index contributed by atoms with van der Waals surface area (Å²) in [6, 6.07) is 12.0. The molecule has 2 aromatic carbocycles. The molecule has 0 aliphatic carbocycles. The van der Waals surface area contributed by atoms with E-state index in [4.69, 9.17) is 14.2 Å². The Labute approximate surface area is 161 Å². The molecule has 0 aliphatic heterocycles. The lowest BCUT2D eigenvalue weighted by atomic mass is 10.1. The van der Waals surface area contributed by atoms with Crippen molar-refractivity contribution in [1.82, 2.24) is 10.6 Å². The summed E-state index contributed by atoms with van der Waals surface area (Å²) in [4.78, 5) is 4.28. The molecule has 0 bridgehead atoms. The maximum atomic E-state index is 5.59. The second-order valence-corrected chi connectivity index (χ2v) is 5.99. The highest BCUT2D eigenvalue weighted by molar-refractivity contribution is 5.79. The zero-order chi connectivity index (χ0) is 19.6. The van der Waals surface area contributed by atoms with Gasteiger partial charge in [-0.15, -0.1) is 0 Å². The Hall–Kier alpha value is -2.89. The summed E-state index contributed by atoms with van der Waals surface area (Å²) in [6.07, 6.45) is 0. The van der Waals surface area contributed by atoms with Gasteiger partial charge in [0.2, 0.25) is 0 Å². The molecule has 6 heteroatoms. The number of rotatable bonds is 8. The molecule has 0 amide bonds. The molecule has 0 saturated carbocycles. The molecule has 0 aliphatic rings. The van der Waals surface area contributed by atoms with Crippen LogP contribution in [0.5, 0.6) is 17.2 Å². The number of ether oxygens (including phenoxy) is 3. The zero-order valence-electron chi connectivity index (χ0n) is 16.8. The molecule has 0 saturated heterocycles. The number of aliphatic imine (C=N–C) groups is 1. The summed E-state index contributed by atoms with van der Waals surface area (Å²) in [5.41, 5.74) is 3.32. The van der Waals surface area contributed by atoms with Crippen LogP contribution >= 0.6 is 0 Å². The monoisotopic (exact) mass is 371 g/mol. The van der Waals surface area contributed by atoms with Gasteiger partial charge in [-0.3, -0.25) is 4.99 Å². The summed E-state index contributed by atoms with van der Waals surface area (Å²) in [6.45, 7) is 5.98. The van der Waals surface area contributed by atoms with Crippen molar-refractivity contribution in [2.75, 3.05) is 27.9 Å². The average Bonchev–Trinajstić information content (AvgIpc) is 2.70. The molecule has 146 valence electrons. The average molecular weight is 371 g/mol. The highest BCUT2D eigenvalue weighted by atomic mass is 16.5. The van der Waals surface area contributed by atoms with Gasteiger partial charge in [-0.05, 0) is 43.2 Å². The Morgan fingerprint density at radius 1 is 0.963 bits per heavy atom. The third-order valence-corrected chi connectivity index (χ3v) is 4.16. The van der Waals surface area contributed by atoms with Crippen LogP contribution in [0.3, 0.4) is 0 Å². The molecule has 0 heterocycles. The van der Waals surface area contributed by atoms with E-state index >= 15 is 0 Å². The minimum atomic E-state index is 0.592. The fourth-order valence-electron chi connectivity index (χ4n) is 2.72. The van der Waals surface area contributed by atoms with Crippen LogP contribution in [0.15, 0.2) is 41.4 Å². The van der Waals surface area contributed by atoms with Crippen molar-refractivity contribution in [3.05, 3.63) is 53.1 Å². The van der Waals surface area contributed by atoms with E-state index in [-0.39, 0.29) is 0 Å². The molecule has 2 N–H and O–H groups in total. The first-order valence-electron chi connectivity index (χ1n) is 8.99. The van der Waals surface area contributed by atoms with Crippen molar-refractivity contribution >= 4 is 5.96 Å². The minimum Gasteiger partial charge on any atom is -0.497 e. The largest absolute Gasteiger partial charge is 0.497 e. The molecule has 2 aromatic rings. The molecule has 0 atom stereocenters. The van der Waals surface area contributed by atoms with Gasteiger partial charge >= 0.3 is 0 Å². The first-order chi connectivity index (χ1) is 13.1. The topological polar surface area (TPSA) is 64.1 Å². The lowest BCUT2D eigenvalue weighted by Gasteiger charge is -2.15. The van der Waals surface area contributed by atoms with Crippen LogP contribution in [-0.2, 0) is 13.1 Å². The van der Waals surface area contributed by atoms with Gasteiger partial charge in [-0.2, -0.15) is 0 Å². The molecule has 2 rings (SSSR count). The fourth-order valence-corrected chi connectivity index (χ4v) is 2.72. The van der Waals surface area contributed by atoms with Gasteiger partial charge in [-0.25, -0.2) is 0 Å². The van der Waals surface area contributed by atoms with Crippen LogP contribution < -0.4 is 24.8 Å². The number of benzene rings is 2. The molecular formula is C21H29N3O3. The lowest BCUT2D eigenvalue weighted by molar-refractivity contribution is 0.338. The molecule has 0 spiro atoms. The molecule has 27 heavy (non-hydrogen) atoms. The molecule has 0 aromatic heterocycles. The number of hydrogen-bond donors (Lipinski definition) is 2. The van der Waals surface area contributed by atoms with Gasteiger partial charge in [0.05, 0.1) is 20.8 Å². The molecule has 0 radical (unpaired) electrons. The second-order valence-electron chi connectivity index (χ2n) is 5.99. The van der Waals surface area contributed by atoms with Gasteiger partial charge in [0, 0.05) is 31.8 Å². The van der Waals surface area contributed by atoms with Crippen molar-refractivity contribution in [1.29, 1.82) is 0 Å². The lowest BCUT2D eigenvalue weighted by Crippen LogP contribution is -2.36. The van der Waals surface area contributed by atoms with E-state index in [2.05, 4.69) is 34.7 Å². The van der Waals surface area contributed by atoms with Crippen molar-refractivity contribution < 1.29 is 14.2 Å². The van der Waals surface area contributed by atoms with E-state index < -0.39 is 0 Å². The number of nitrogens with zero attached hydrogens (tertiary/aromatic N) is 1. The maximum absolute atomic E-state index is 5.59. The highest BCUT2D eigenvalue weighted by Gasteiger charge is 2.07. The van der Waals surface area contributed by atoms with Crippen molar-refractivity contribution in [3.63, 3.8) is 0 Å². The van der Waals surface area contributed by atoms with Gasteiger partial charge in [-0.1, -0.05) is 12.1 Å². The zero-order valence-corrected chi connectivity index (χ0v) is 16.8. The predicted octanol–water partition coefficient (Wildman–Crippen LogP) is 3.28. The van der Waals surface area contributed by atoms with E-state index in [0.717, 1.165) is 34.3 Å². The third kappa shape index (κ3) is 5.81. The maximum Gasteiger partial charge on any atom is 0.191 e. The fraction of sp³-hybridized carbons (Fsp3) is 0.381. The molecule has 0 fully saturated rings. The van der Waals surface area contributed by atoms with Crippen LogP contribution in [0.25, 0.3) is 0 Å². The van der Waals surface area contributed by atoms with E-state index in [9.17, 15) is 0 Å². The summed E-state index contributed by atoms with van der Waals surface area (Å²) >= 11 is 0. The van der Waals surface area contributed by atoms with Crippen molar-refractivity contribution in [2.24, 2.45) is 4.99 Å². The van der Waals surface area contributed by atoms with Crippen LogP contribution in [-0.4, -0.2) is 33.8 Å². The number of nitrogens with one attached hydrogen (secondary N) is 2. The SMILES string of the molecule is CCOc1ccc(CNC(=NC)NCc2ccc(OC)cc2OC)cc1C. The number of guanidine groups is 1. The summed E-state index contributed by atoms with van der Waals surface area (Å²) < 4.78 is 16.3. The number of hydrogen-bond acceptors (Lipinski definition) is 4. The molecule has 6 nitrogen and oxygen atoms in total. The molecule has 0 unspecified atom stereocenters. The number of aryl methyl sites for hydroxylation is 1. The van der Waals surface area contributed by atoms with Crippen LogP contribution in [0, 0.1) is 6.92 Å². The van der Waals surface area contributed by atoms with Crippen molar-refractivity contribution in [3.8, 4) is 17.2 Å². The number of methoxy groups -OCH3 is 2. The summed E-state index contributed by atoms with van der Waals surface area (Å²) in [5.74, 6) is 3.19. The van der Waals surface area contributed by atoms with E-state index in [1.165, 1.54) is 5.56 Å². The van der Waals surface area contributed by atoms with Crippen molar-refractivity contribution in [2.45, 2.75) is 26.9 Å². The Morgan fingerprint density at radius 3 is 2.37 bits per heavy atom. The highest BCUT2D eigenvalue weighted by Crippen LogP contribution is 2.24. The quantitative estimate of drug-likeness (QED) is 0.551. The van der Waals surface area contributed by atoms with E-state index in [1.807, 2.05) is 31.2 Å². The van der Waals surface area contributed by atoms with Gasteiger partial charge in [0.15, 0.2) is 5.96 Å². The second kappa shape index (κ2) is 10.3. The molecular weight excluding hydrogens is 342 g/mol. The van der Waals surface area contributed by atoms with Crippen LogP contribution in [0.1, 0.15) is 23.6 Å². The van der Waals surface area contributed by atoms with Gasteiger partial charge in [0.1, 0.15) is 17.2 Å². The first kappa shape index (κ1) is 20.4. The Bertz CT molecular complexity index is 775. The minimum absolute atomic E-state index is 0.592. The van der Waals surface area contributed by atoms with Gasteiger partial charge in [0.25, 0.3) is 0 Å². The first-order valence-corrected chi connectivity index (χ1v) is 8.99. The van der Waals surface area contributed by atoms with Gasteiger partial charge < -0.3 is 24.8 Å².